The number of aryl methyl sites for hydroxylation is 1. The van der Waals surface area contributed by atoms with E-state index < -0.39 is 16.8 Å². The molecular weight excluding hydrogens is 450 g/mol. The summed E-state index contributed by atoms with van der Waals surface area (Å²) in [5.41, 5.74) is 0.358. The summed E-state index contributed by atoms with van der Waals surface area (Å²) in [7, 11) is 1.49. The molecule has 3 aromatic heterocycles. The van der Waals surface area contributed by atoms with Gasteiger partial charge >= 0.3 is 11.7 Å². The second-order valence-electron chi connectivity index (χ2n) is 6.76. The minimum Gasteiger partial charge on any atom is -0.475 e. The lowest BCUT2D eigenvalue weighted by molar-refractivity contribution is -0.385. The number of aromatic nitrogens is 5. The predicted octanol–water partition coefficient (Wildman–Crippen LogP) is 0.911. The minimum atomic E-state index is -0.662. The second kappa shape index (κ2) is 11.5. The highest BCUT2D eigenvalue weighted by molar-refractivity contribution is 5.96. The molecule has 0 fully saturated rings. The Morgan fingerprint density at radius 3 is 2.82 bits per heavy atom. The average molecular weight is 473 g/mol. The van der Waals surface area contributed by atoms with Crippen LogP contribution in [0.25, 0.3) is 5.69 Å². The Labute approximate surface area is 193 Å². The summed E-state index contributed by atoms with van der Waals surface area (Å²) < 4.78 is 18.6. The first-order valence-electron chi connectivity index (χ1n) is 10.2. The number of hydrogen-bond acceptors (Lipinski definition) is 10. The van der Waals surface area contributed by atoms with Gasteiger partial charge in [0.05, 0.1) is 42.2 Å². The lowest BCUT2D eigenvalue weighted by atomic mass is 10.3. The summed E-state index contributed by atoms with van der Waals surface area (Å²) in [5, 5.41) is 21.4. The predicted molar refractivity (Wildman–Crippen MR) is 116 cm³/mol. The van der Waals surface area contributed by atoms with Crippen LogP contribution in [0, 0.1) is 10.1 Å². The van der Waals surface area contributed by atoms with Crippen LogP contribution in [0.4, 0.5) is 5.69 Å². The van der Waals surface area contributed by atoms with Crippen molar-refractivity contribution in [2.45, 2.75) is 6.92 Å². The maximum Gasteiger partial charge on any atom is 0.341 e. The topological polar surface area (TPSA) is 166 Å². The molecule has 34 heavy (non-hydrogen) atoms. The van der Waals surface area contributed by atoms with Crippen LogP contribution in [0.2, 0.25) is 0 Å². The number of amides is 1. The van der Waals surface area contributed by atoms with Crippen molar-refractivity contribution in [3.8, 4) is 11.6 Å². The third-order valence-corrected chi connectivity index (χ3v) is 4.31. The zero-order valence-electron chi connectivity index (χ0n) is 18.5. The van der Waals surface area contributed by atoms with Crippen molar-refractivity contribution in [3.05, 3.63) is 58.3 Å². The monoisotopic (exact) mass is 473 g/mol. The van der Waals surface area contributed by atoms with Gasteiger partial charge in [-0.2, -0.15) is 10.2 Å². The summed E-state index contributed by atoms with van der Waals surface area (Å²) in [5.74, 6) is -0.770. The molecule has 1 N–H and O–H groups in total. The van der Waals surface area contributed by atoms with E-state index in [1.807, 2.05) is 0 Å². The van der Waals surface area contributed by atoms with Crippen LogP contribution in [0.15, 0.2) is 36.9 Å². The maximum atomic E-state index is 12.1. The fourth-order valence-corrected chi connectivity index (χ4v) is 2.80. The van der Waals surface area contributed by atoms with E-state index in [0.717, 1.165) is 6.20 Å². The van der Waals surface area contributed by atoms with Gasteiger partial charge < -0.3 is 19.5 Å². The zero-order chi connectivity index (χ0) is 24.5. The molecule has 3 rings (SSSR count). The van der Waals surface area contributed by atoms with Gasteiger partial charge in [0, 0.05) is 32.1 Å². The van der Waals surface area contributed by atoms with E-state index in [-0.39, 0.29) is 44.4 Å². The lowest BCUT2D eigenvalue weighted by Gasteiger charge is -2.08. The average Bonchev–Trinajstić information content (AvgIpc) is 3.46. The molecule has 0 bridgehead atoms. The fraction of sp³-hybridized carbons (Fsp3) is 0.350. The van der Waals surface area contributed by atoms with E-state index in [0.29, 0.717) is 17.1 Å². The molecule has 180 valence electrons. The van der Waals surface area contributed by atoms with Crippen LogP contribution in [0.5, 0.6) is 5.88 Å². The number of nitrogens with zero attached hydrogens (tertiary/aromatic N) is 6. The van der Waals surface area contributed by atoms with Crippen LogP contribution < -0.4 is 10.1 Å². The number of nitrogens with one attached hydrogen (secondary N) is 1. The van der Waals surface area contributed by atoms with Crippen molar-refractivity contribution in [1.82, 2.24) is 29.9 Å². The molecule has 0 aliphatic rings. The minimum absolute atomic E-state index is 0.141. The number of rotatable bonds is 12. The van der Waals surface area contributed by atoms with Gasteiger partial charge in [0.25, 0.3) is 5.91 Å². The number of hydrogen-bond donors (Lipinski definition) is 1. The Morgan fingerprint density at radius 1 is 1.24 bits per heavy atom. The van der Waals surface area contributed by atoms with Crippen molar-refractivity contribution in [3.63, 3.8) is 0 Å². The van der Waals surface area contributed by atoms with Gasteiger partial charge in [0.15, 0.2) is 0 Å². The summed E-state index contributed by atoms with van der Waals surface area (Å²) in [6.45, 7) is 2.74. The molecule has 3 aromatic rings. The van der Waals surface area contributed by atoms with E-state index in [4.69, 9.17) is 14.2 Å². The molecule has 0 aromatic carbocycles. The molecule has 0 saturated carbocycles. The first-order chi connectivity index (χ1) is 16.4. The molecule has 3 heterocycles. The van der Waals surface area contributed by atoms with E-state index in [1.54, 1.807) is 31.5 Å². The molecule has 0 saturated heterocycles. The van der Waals surface area contributed by atoms with Crippen molar-refractivity contribution < 1.29 is 28.7 Å². The molecule has 0 radical (unpaired) electrons. The molecule has 0 atom stereocenters. The third kappa shape index (κ3) is 6.35. The molecule has 0 aliphatic heterocycles. The molecular formula is C20H23N7O7. The number of nitro groups is 1. The second-order valence-corrected chi connectivity index (χ2v) is 6.76. The largest absolute Gasteiger partial charge is 0.475 e. The molecule has 0 unspecified atom stereocenters. The Kier molecular flexibility index (Phi) is 8.23. The number of carbonyl (C=O) groups excluding carboxylic acids is 2. The van der Waals surface area contributed by atoms with Gasteiger partial charge in [-0.15, -0.1) is 0 Å². The standard InChI is InChI=1S/C20H23N7O7/c1-3-33-20(29)14-11-23-26(12-14)15-4-5-21-17(10-15)34-9-8-32-7-6-22-19(28)18-16(27(30)31)13-25(2)24-18/h4-5,10-13H,3,6-9H2,1-2H3,(H,22,28). The third-order valence-electron chi connectivity index (χ3n) is 4.31. The number of esters is 1. The molecule has 0 aliphatic carbocycles. The first kappa shape index (κ1) is 24.3. The Morgan fingerprint density at radius 2 is 2.06 bits per heavy atom. The van der Waals surface area contributed by atoms with Gasteiger partial charge in [-0.3, -0.25) is 19.6 Å². The van der Waals surface area contributed by atoms with Gasteiger partial charge in [0.1, 0.15) is 12.8 Å². The van der Waals surface area contributed by atoms with Gasteiger partial charge in [-0.05, 0) is 13.0 Å². The summed E-state index contributed by atoms with van der Waals surface area (Å²) >= 11 is 0. The SMILES string of the molecule is CCOC(=O)c1cnn(-c2ccnc(OCCOCCNC(=O)c3nn(C)cc3[N+](=O)[O-])c2)c1. The van der Waals surface area contributed by atoms with Crippen LogP contribution in [0.1, 0.15) is 27.8 Å². The van der Waals surface area contributed by atoms with Crippen LogP contribution in [0.3, 0.4) is 0 Å². The van der Waals surface area contributed by atoms with E-state index in [1.165, 1.54) is 22.6 Å². The maximum absolute atomic E-state index is 12.1. The van der Waals surface area contributed by atoms with Gasteiger partial charge in [-0.25, -0.2) is 14.5 Å². The Bertz CT molecular complexity index is 1160. The summed E-state index contributed by atoms with van der Waals surface area (Å²) in [4.78, 5) is 38.3. The van der Waals surface area contributed by atoms with Crippen molar-refractivity contribution >= 4 is 17.6 Å². The van der Waals surface area contributed by atoms with Gasteiger partial charge in [0.2, 0.25) is 11.6 Å². The summed E-state index contributed by atoms with van der Waals surface area (Å²) in [6.07, 6.45) is 5.67. The fourth-order valence-electron chi connectivity index (χ4n) is 2.80. The number of carbonyl (C=O) groups is 2. The summed E-state index contributed by atoms with van der Waals surface area (Å²) in [6, 6.07) is 3.36. The molecule has 14 nitrogen and oxygen atoms in total. The highest BCUT2D eigenvalue weighted by atomic mass is 16.6. The van der Waals surface area contributed by atoms with E-state index in [9.17, 15) is 19.7 Å². The normalized spacial score (nSPS) is 10.6. The smallest absolute Gasteiger partial charge is 0.341 e. The first-order valence-corrected chi connectivity index (χ1v) is 10.2. The quantitative estimate of drug-likeness (QED) is 0.173. The molecule has 14 heteroatoms. The van der Waals surface area contributed by atoms with Crippen molar-refractivity contribution in [1.29, 1.82) is 0 Å². The Hall–Kier alpha value is -4.33. The van der Waals surface area contributed by atoms with Crippen LogP contribution >= 0.6 is 0 Å². The van der Waals surface area contributed by atoms with E-state index in [2.05, 4.69) is 20.5 Å². The Balaban J connectivity index is 1.39. The van der Waals surface area contributed by atoms with Crippen molar-refractivity contribution in [2.75, 3.05) is 33.0 Å². The lowest BCUT2D eigenvalue weighted by Crippen LogP contribution is -2.28. The van der Waals surface area contributed by atoms with Crippen molar-refractivity contribution in [2.24, 2.45) is 7.05 Å². The molecule has 0 spiro atoms. The molecule has 1 amide bonds. The van der Waals surface area contributed by atoms with Gasteiger partial charge in [-0.1, -0.05) is 0 Å². The van der Waals surface area contributed by atoms with Crippen LogP contribution in [-0.2, 0) is 16.5 Å². The van der Waals surface area contributed by atoms with Crippen LogP contribution in [-0.4, -0.2) is 74.3 Å². The number of ether oxygens (including phenoxy) is 3. The highest BCUT2D eigenvalue weighted by Gasteiger charge is 2.24. The highest BCUT2D eigenvalue weighted by Crippen LogP contribution is 2.16. The zero-order valence-corrected chi connectivity index (χ0v) is 18.5. The van der Waals surface area contributed by atoms with E-state index >= 15 is 0 Å². The number of pyridine rings is 1.